The van der Waals surface area contributed by atoms with Crippen molar-refractivity contribution in [3.8, 4) is 55.6 Å². The van der Waals surface area contributed by atoms with Crippen LogP contribution in [0, 0.1) is 0 Å². The third-order valence-electron chi connectivity index (χ3n) is 12.7. The van der Waals surface area contributed by atoms with Gasteiger partial charge in [0.2, 0.25) is 0 Å². The van der Waals surface area contributed by atoms with Gasteiger partial charge < -0.3 is 0 Å². The van der Waals surface area contributed by atoms with Gasteiger partial charge in [0.15, 0.2) is 0 Å². The van der Waals surface area contributed by atoms with Crippen molar-refractivity contribution in [2.45, 2.75) is 163 Å². The molecule has 3 heteroatoms. The first kappa shape index (κ1) is 48.6. The van der Waals surface area contributed by atoms with Gasteiger partial charge in [-0.25, -0.2) is 0 Å². The van der Waals surface area contributed by atoms with Gasteiger partial charge in [-0.1, -0.05) is 210 Å². The van der Waals surface area contributed by atoms with Crippen LogP contribution in [0.4, 0.5) is 13.2 Å². The minimum atomic E-state index is -4.59. The first-order valence-electron chi connectivity index (χ1n) is 23.1. The number of hydrogen-bond acceptors (Lipinski definition) is 0. The first-order chi connectivity index (χ1) is 29.1. The van der Waals surface area contributed by atoms with E-state index in [1.165, 1.54) is 34.4 Å². The second-order valence-corrected chi connectivity index (χ2v) is 24.4. The molecule has 0 bridgehead atoms. The molecule has 6 aromatic rings. The average Bonchev–Trinajstić information content (AvgIpc) is 3.17. The Morgan fingerprint density at radius 1 is 0.266 bits per heavy atom. The number of rotatable bonds is 5. The number of benzene rings is 6. The lowest BCUT2D eigenvalue weighted by Gasteiger charge is -2.29. The zero-order valence-corrected chi connectivity index (χ0v) is 42.1. The van der Waals surface area contributed by atoms with E-state index in [-0.39, 0.29) is 32.5 Å². The van der Waals surface area contributed by atoms with E-state index >= 15 is 13.2 Å². The topological polar surface area (TPSA) is 0 Å². The van der Waals surface area contributed by atoms with Gasteiger partial charge in [-0.2, -0.15) is 13.2 Å². The summed E-state index contributed by atoms with van der Waals surface area (Å²) in [5.41, 5.74) is 13.7. The Kier molecular flexibility index (Phi) is 12.5. The molecule has 0 unspecified atom stereocenters. The fourth-order valence-corrected chi connectivity index (χ4v) is 8.71. The third-order valence-corrected chi connectivity index (χ3v) is 12.7. The predicted molar refractivity (Wildman–Crippen MR) is 271 cm³/mol. The minimum absolute atomic E-state index is 0.125. The zero-order chi connectivity index (χ0) is 47.7. The van der Waals surface area contributed by atoms with Gasteiger partial charge in [-0.05, 0) is 152 Å². The summed E-state index contributed by atoms with van der Waals surface area (Å²) in [6.45, 7) is 39.9. The van der Waals surface area contributed by atoms with Gasteiger partial charge in [0.05, 0.1) is 5.56 Å². The van der Waals surface area contributed by atoms with Crippen molar-refractivity contribution >= 4 is 0 Å². The van der Waals surface area contributed by atoms with E-state index in [1.54, 1.807) is 0 Å². The van der Waals surface area contributed by atoms with Gasteiger partial charge in [0.25, 0.3) is 0 Å². The van der Waals surface area contributed by atoms with Crippen molar-refractivity contribution in [2.75, 3.05) is 0 Å². The standard InChI is InChI=1S/C61H73F3/c1-55(2,3)43-30-40(31-44(34-43)56(4,5)6)38-27-39(41-32-45(57(7,8)9)35-46(33-41)58(10,11)12)29-42(28-38)54-50(48-23-19-21-25-52(48)59(13,14)15)36-47(61(62,63)64)37-51(54)49-24-20-22-26-53(49)60(16,17)18/h19-37H,1-18H3. The van der Waals surface area contributed by atoms with E-state index in [4.69, 9.17) is 0 Å². The van der Waals surface area contributed by atoms with E-state index in [2.05, 4.69) is 191 Å². The highest BCUT2D eigenvalue weighted by Crippen LogP contribution is 2.50. The van der Waals surface area contributed by atoms with Crippen LogP contribution in [0.25, 0.3) is 55.6 Å². The van der Waals surface area contributed by atoms with Gasteiger partial charge >= 0.3 is 6.18 Å². The molecule has 0 aliphatic rings. The molecule has 0 amide bonds. The highest BCUT2D eigenvalue weighted by molar-refractivity contribution is 5.99. The third kappa shape index (κ3) is 10.5. The van der Waals surface area contributed by atoms with Crippen LogP contribution in [0.15, 0.2) is 115 Å². The summed E-state index contributed by atoms with van der Waals surface area (Å²) >= 11 is 0. The molecule has 0 fully saturated rings. The minimum Gasteiger partial charge on any atom is -0.166 e. The summed E-state index contributed by atoms with van der Waals surface area (Å²) in [6, 6.07) is 39.6. The molecule has 0 aliphatic heterocycles. The van der Waals surface area contributed by atoms with E-state index < -0.39 is 11.7 Å². The lowest BCUT2D eigenvalue weighted by atomic mass is 9.75. The molecule has 0 nitrogen and oxygen atoms in total. The molecule has 0 spiro atoms. The molecule has 6 aromatic carbocycles. The van der Waals surface area contributed by atoms with Crippen LogP contribution in [-0.4, -0.2) is 0 Å². The Labute approximate surface area is 384 Å². The van der Waals surface area contributed by atoms with Crippen molar-refractivity contribution in [3.63, 3.8) is 0 Å². The Balaban J connectivity index is 1.91. The number of hydrogen-bond donors (Lipinski definition) is 0. The Hall–Kier alpha value is -4.89. The maximum Gasteiger partial charge on any atom is 0.416 e. The number of halogens is 3. The van der Waals surface area contributed by atoms with Crippen LogP contribution >= 0.6 is 0 Å². The normalized spacial score (nSPS) is 13.4. The highest BCUT2D eigenvalue weighted by Gasteiger charge is 2.35. The molecule has 338 valence electrons. The van der Waals surface area contributed by atoms with Crippen LogP contribution in [0.3, 0.4) is 0 Å². The molecule has 0 saturated carbocycles. The van der Waals surface area contributed by atoms with E-state index in [0.717, 1.165) is 55.6 Å². The quantitative estimate of drug-likeness (QED) is 0.162. The maximum atomic E-state index is 15.5. The van der Waals surface area contributed by atoms with Gasteiger partial charge in [0, 0.05) is 0 Å². The summed E-state index contributed by atoms with van der Waals surface area (Å²) in [6.07, 6.45) is -4.59. The van der Waals surface area contributed by atoms with Crippen molar-refractivity contribution in [1.29, 1.82) is 0 Å². The van der Waals surface area contributed by atoms with Crippen LogP contribution in [0.5, 0.6) is 0 Å². The van der Waals surface area contributed by atoms with Crippen LogP contribution in [-0.2, 0) is 38.7 Å². The predicted octanol–water partition coefficient (Wildman–Crippen LogP) is 18.8. The average molecular weight is 863 g/mol. The van der Waals surface area contributed by atoms with Crippen LogP contribution < -0.4 is 0 Å². The van der Waals surface area contributed by atoms with Crippen molar-refractivity contribution < 1.29 is 13.2 Å². The molecule has 0 saturated heterocycles. The fraction of sp³-hybridized carbons (Fsp3) is 0.410. The smallest absolute Gasteiger partial charge is 0.166 e. The Morgan fingerprint density at radius 2 is 0.547 bits per heavy atom. The molecule has 0 atom stereocenters. The van der Waals surface area contributed by atoms with Gasteiger partial charge in [-0.3, -0.25) is 0 Å². The summed E-state index contributed by atoms with van der Waals surface area (Å²) in [5, 5.41) is 0. The second kappa shape index (κ2) is 16.5. The molecular weight excluding hydrogens is 790 g/mol. The van der Waals surface area contributed by atoms with Gasteiger partial charge in [-0.15, -0.1) is 0 Å². The lowest BCUT2D eigenvalue weighted by molar-refractivity contribution is -0.137. The molecule has 0 aromatic heterocycles. The van der Waals surface area contributed by atoms with Crippen molar-refractivity contribution in [1.82, 2.24) is 0 Å². The van der Waals surface area contributed by atoms with Crippen LogP contribution in [0.2, 0.25) is 0 Å². The molecule has 0 heterocycles. The van der Waals surface area contributed by atoms with Crippen molar-refractivity contribution in [2.24, 2.45) is 0 Å². The maximum absolute atomic E-state index is 15.5. The molecule has 6 rings (SSSR count). The van der Waals surface area contributed by atoms with Gasteiger partial charge in [0.1, 0.15) is 0 Å². The fourth-order valence-electron chi connectivity index (χ4n) is 8.71. The monoisotopic (exact) mass is 863 g/mol. The Bertz CT molecular complexity index is 2440. The van der Waals surface area contributed by atoms with E-state index in [1.807, 2.05) is 36.4 Å². The van der Waals surface area contributed by atoms with E-state index in [9.17, 15) is 0 Å². The van der Waals surface area contributed by atoms with E-state index in [0.29, 0.717) is 11.1 Å². The highest BCUT2D eigenvalue weighted by atomic mass is 19.4. The first-order valence-corrected chi connectivity index (χ1v) is 23.1. The van der Waals surface area contributed by atoms with Crippen LogP contribution in [0.1, 0.15) is 164 Å². The molecule has 0 N–H and O–H groups in total. The van der Waals surface area contributed by atoms with Crippen molar-refractivity contribution in [3.05, 3.63) is 154 Å². The summed E-state index contributed by atoms with van der Waals surface area (Å²) in [7, 11) is 0. The second-order valence-electron chi connectivity index (χ2n) is 24.4. The molecule has 0 radical (unpaired) electrons. The zero-order valence-electron chi connectivity index (χ0n) is 42.1. The summed E-state index contributed by atoms with van der Waals surface area (Å²) in [5.74, 6) is 0. The summed E-state index contributed by atoms with van der Waals surface area (Å²) < 4.78 is 46.5. The largest absolute Gasteiger partial charge is 0.416 e. The Morgan fingerprint density at radius 3 is 0.828 bits per heavy atom. The SMILES string of the molecule is CC(C)(C)c1cc(-c2cc(-c3cc(C(C)(C)C)cc(C(C)(C)C)c3)cc(-c3c(-c4ccccc4C(C)(C)C)cc(C(F)(F)F)cc3-c3ccccc3C(C)(C)C)c2)cc(C(C)(C)C)c1. The molecule has 64 heavy (non-hydrogen) atoms. The molecule has 0 aliphatic carbocycles. The summed E-state index contributed by atoms with van der Waals surface area (Å²) in [4.78, 5) is 0. The number of alkyl halides is 3. The lowest BCUT2D eigenvalue weighted by Crippen LogP contribution is -2.16. The molecular formula is C61H73F3.